The maximum atomic E-state index is 12.2. The fourth-order valence-corrected chi connectivity index (χ4v) is 5.75. The molecule has 0 aliphatic rings. The second-order valence-corrected chi connectivity index (χ2v) is 13.7. The average Bonchev–Trinajstić information content (AvgIpc) is 3.09. The number of carbonyl (C=O) groups is 2. The predicted molar refractivity (Wildman–Crippen MR) is 205 cm³/mol. The van der Waals surface area contributed by atoms with Crippen LogP contribution in [0.25, 0.3) is 0 Å². The van der Waals surface area contributed by atoms with E-state index in [4.69, 9.17) is 9.47 Å². The minimum atomic E-state index is -0.775. The normalized spacial score (nSPS) is 12.5. The molecule has 0 radical (unpaired) electrons. The molecule has 0 unspecified atom stereocenters. The Morgan fingerprint density at radius 3 is 1.29 bits per heavy atom. The zero-order valence-electron chi connectivity index (χ0n) is 31.7. The molecule has 0 bridgehead atoms. The number of esters is 2. The number of aliphatic hydroxyl groups excluding tert-OH is 1. The van der Waals surface area contributed by atoms with E-state index in [1.165, 1.54) is 128 Å². The number of unbranched alkanes of at least 4 members (excludes halogenated alkanes) is 23. The molecule has 1 N–H and O–H groups in total. The molecule has 0 saturated heterocycles. The third-order valence-electron chi connectivity index (χ3n) is 8.91. The lowest BCUT2D eigenvalue weighted by Crippen LogP contribution is -2.28. The molecule has 0 saturated carbocycles. The summed E-state index contributed by atoms with van der Waals surface area (Å²) in [6.07, 6.45) is 47.7. The van der Waals surface area contributed by atoms with Crippen molar-refractivity contribution >= 4 is 11.9 Å². The van der Waals surface area contributed by atoms with E-state index >= 15 is 0 Å². The van der Waals surface area contributed by atoms with Crippen LogP contribution < -0.4 is 0 Å². The van der Waals surface area contributed by atoms with Crippen molar-refractivity contribution in [3.63, 3.8) is 0 Å². The van der Waals surface area contributed by atoms with Crippen LogP contribution in [0.4, 0.5) is 0 Å². The van der Waals surface area contributed by atoms with E-state index in [-0.39, 0.29) is 25.2 Å². The summed E-state index contributed by atoms with van der Waals surface area (Å²) < 4.78 is 10.6. The molecule has 0 aliphatic heterocycles. The van der Waals surface area contributed by atoms with Crippen LogP contribution in [0.2, 0.25) is 0 Å². The molecule has 5 heteroatoms. The van der Waals surface area contributed by atoms with Gasteiger partial charge < -0.3 is 14.6 Å². The minimum Gasteiger partial charge on any atom is -0.462 e. The van der Waals surface area contributed by atoms with Gasteiger partial charge in [-0.05, 0) is 70.6 Å². The van der Waals surface area contributed by atoms with E-state index in [0.29, 0.717) is 12.8 Å². The lowest BCUT2D eigenvalue weighted by molar-refractivity contribution is -0.161. The Hall–Kier alpha value is -1.88. The fraction of sp³-hybridized carbons (Fsp3) is 0.814. The average molecular weight is 675 g/mol. The molecule has 0 fully saturated rings. The second-order valence-electron chi connectivity index (χ2n) is 13.7. The topological polar surface area (TPSA) is 72.8 Å². The summed E-state index contributed by atoms with van der Waals surface area (Å²) in [4.78, 5) is 24.3. The van der Waals surface area contributed by atoms with Crippen LogP contribution >= 0.6 is 0 Å². The molecule has 0 heterocycles. The Morgan fingerprint density at radius 1 is 0.479 bits per heavy atom. The monoisotopic (exact) mass is 675 g/mol. The van der Waals surface area contributed by atoms with Crippen molar-refractivity contribution in [2.24, 2.45) is 0 Å². The van der Waals surface area contributed by atoms with Gasteiger partial charge in [-0.3, -0.25) is 9.59 Å². The predicted octanol–water partition coefficient (Wildman–Crippen LogP) is 12.8. The summed E-state index contributed by atoms with van der Waals surface area (Å²) in [7, 11) is 0. The van der Waals surface area contributed by atoms with Gasteiger partial charge >= 0.3 is 11.9 Å². The molecule has 48 heavy (non-hydrogen) atoms. The van der Waals surface area contributed by atoms with E-state index < -0.39 is 6.10 Å². The number of aliphatic hydroxyl groups is 1. The van der Waals surface area contributed by atoms with Gasteiger partial charge in [0.2, 0.25) is 0 Å². The molecule has 0 amide bonds. The van der Waals surface area contributed by atoms with E-state index in [1.807, 2.05) is 0 Å². The molecule has 0 aromatic carbocycles. The number of carbonyl (C=O) groups excluding carboxylic acids is 2. The van der Waals surface area contributed by atoms with Crippen molar-refractivity contribution < 1.29 is 24.2 Å². The number of hydrogen-bond donors (Lipinski definition) is 1. The van der Waals surface area contributed by atoms with Crippen molar-refractivity contribution in [3.05, 3.63) is 36.5 Å². The maximum absolute atomic E-state index is 12.2. The van der Waals surface area contributed by atoms with Gasteiger partial charge in [-0.25, -0.2) is 0 Å². The highest BCUT2D eigenvalue weighted by atomic mass is 16.6. The van der Waals surface area contributed by atoms with E-state index in [1.54, 1.807) is 0 Å². The van der Waals surface area contributed by atoms with Crippen LogP contribution in [0.15, 0.2) is 36.5 Å². The summed E-state index contributed by atoms with van der Waals surface area (Å²) in [5, 5.41) is 9.56. The van der Waals surface area contributed by atoms with Gasteiger partial charge in [0, 0.05) is 12.8 Å². The van der Waals surface area contributed by atoms with Crippen molar-refractivity contribution in [1.29, 1.82) is 0 Å². The molecule has 0 aromatic heterocycles. The van der Waals surface area contributed by atoms with Crippen LogP contribution in [-0.4, -0.2) is 36.4 Å². The third-order valence-corrected chi connectivity index (χ3v) is 8.91. The van der Waals surface area contributed by atoms with Gasteiger partial charge in [0.05, 0.1) is 6.61 Å². The molecule has 1 atom stereocenters. The first-order chi connectivity index (χ1) is 23.6. The van der Waals surface area contributed by atoms with Crippen LogP contribution in [-0.2, 0) is 19.1 Å². The fourth-order valence-electron chi connectivity index (χ4n) is 5.75. The van der Waals surface area contributed by atoms with Gasteiger partial charge in [0.1, 0.15) is 6.61 Å². The molecule has 0 aromatic rings. The van der Waals surface area contributed by atoms with E-state index in [0.717, 1.165) is 51.4 Å². The quantitative estimate of drug-likeness (QED) is 0.0403. The second kappa shape index (κ2) is 39.6. The highest BCUT2D eigenvalue weighted by Crippen LogP contribution is 2.13. The summed E-state index contributed by atoms with van der Waals surface area (Å²) in [6.45, 7) is 4.10. The van der Waals surface area contributed by atoms with Gasteiger partial charge in [0.25, 0.3) is 0 Å². The summed E-state index contributed by atoms with van der Waals surface area (Å²) in [6, 6.07) is 0. The molecule has 280 valence electrons. The van der Waals surface area contributed by atoms with Gasteiger partial charge in [-0.2, -0.15) is 0 Å². The number of allylic oxidation sites excluding steroid dienone is 6. The van der Waals surface area contributed by atoms with Crippen LogP contribution in [0.3, 0.4) is 0 Å². The first-order valence-corrected chi connectivity index (χ1v) is 20.5. The zero-order valence-corrected chi connectivity index (χ0v) is 31.7. The van der Waals surface area contributed by atoms with Gasteiger partial charge in [0.15, 0.2) is 6.10 Å². The Morgan fingerprint density at radius 2 is 0.833 bits per heavy atom. The van der Waals surface area contributed by atoms with Gasteiger partial charge in [-0.1, -0.05) is 159 Å². The molecule has 0 spiro atoms. The Labute approximate surface area is 297 Å². The number of ether oxygens (including phenoxy) is 2. The van der Waals surface area contributed by atoms with E-state index in [2.05, 4.69) is 50.3 Å². The number of rotatable bonds is 37. The SMILES string of the molecule is CCCCC/C=C\C/C=C\CCCCCCCCCC(=O)O[C@@H](CO)COC(=O)CCCCCCCCC/C=C\CCCCCCCC. The minimum absolute atomic E-state index is 0.0700. The van der Waals surface area contributed by atoms with E-state index in [9.17, 15) is 14.7 Å². The van der Waals surface area contributed by atoms with Crippen LogP contribution in [0.1, 0.15) is 206 Å². The molecule has 0 aliphatic carbocycles. The first kappa shape index (κ1) is 46.1. The maximum Gasteiger partial charge on any atom is 0.306 e. The zero-order chi connectivity index (χ0) is 35.0. The van der Waals surface area contributed by atoms with Gasteiger partial charge in [-0.15, -0.1) is 0 Å². The summed E-state index contributed by atoms with van der Waals surface area (Å²) in [5.74, 6) is -0.601. The van der Waals surface area contributed by atoms with Crippen molar-refractivity contribution in [3.8, 4) is 0 Å². The number of hydrogen-bond acceptors (Lipinski definition) is 5. The first-order valence-electron chi connectivity index (χ1n) is 20.5. The van der Waals surface area contributed by atoms with Crippen LogP contribution in [0.5, 0.6) is 0 Å². The lowest BCUT2D eigenvalue weighted by Gasteiger charge is -2.15. The van der Waals surface area contributed by atoms with Crippen molar-refractivity contribution in [1.82, 2.24) is 0 Å². The van der Waals surface area contributed by atoms with Crippen molar-refractivity contribution in [2.45, 2.75) is 213 Å². The largest absolute Gasteiger partial charge is 0.462 e. The van der Waals surface area contributed by atoms with Crippen molar-refractivity contribution in [2.75, 3.05) is 13.2 Å². The third kappa shape index (κ3) is 36.9. The Bertz CT molecular complexity index is 771. The summed E-state index contributed by atoms with van der Waals surface area (Å²) in [5.41, 5.74) is 0. The summed E-state index contributed by atoms with van der Waals surface area (Å²) >= 11 is 0. The highest BCUT2D eigenvalue weighted by molar-refractivity contribution is 5.70. The Balaban J connectivity index is 3.56. The van der Waals surface area contributed by atoms with Crippen LogP contribution in [0, 0.1) is 0 Å². The molecule has 0 rings (SSSR count). The molecule has 5 nitrogen and oxygen atoms in total. The standard InChI is InChI=1S/C43H78O5/c1-3-5-7-9-11-13-15-17-19-21-23-25-27-29-31-33-35-37-42(45)47-40-41(39-44)48-43(46)38-36-34-32-30-28-26-24-22-20-18-16-14-12-10-8-6-4-2/h12,14,17-20,41,44H,3-11,13,15-16,21-40H2,1-2H3/b14-12-,19-17-,20-18-/t41-/m0/s1. The lowest BCUT2D eigenvalue weighted by atomic mass is 10.1. The Kier molecular flexibility index (Phi) is 38.0. The smallest absolute Gasteiger partial charge is 0.306 e. The molecular weight excluding hydrogens is 596 g/mol. The molecular formula is C43H78O5. The highest BCUT2D eigenvalue weighted by Gasteiger charge is 2.16.